The fourth-order valence-corrected chi connectivity index (χ4v) is 5.80. The second kappa shape index (κ2) is 8.19. The molecule has 6 rings (SSSR count). The molecule has 1 saturated heterocycles. The molecule has 0 saturated carbocycles. The first-order valence-electron chi connectivity index (χ1n) is 11.9. The minimum absolute atomic E-state index is 0.00505. The third kappa shape index (κ3) is 3.30. The van der Waals surface area contributed by atoms with Crippen LogP contribution in [0.2, 0.25) is 0 Å². The van der Waals surface area contributed by atoms with Gasteiger partial charge in [0.1, 0.15) is 11.9 Å². The maximum Gasteiger partial charge on any atom is 0.198 e. The molecule has 1 aromatic heterocycles. The number of piperidine rings is 1. The number of hydrogen-bond donors (Lipinski definition) is 1. The van der Waals surface area contributed by atoms with Crippen LogP contribution >= 0.6 is 0 Å². The normalized spacial score (nSPS) is 18.9. The first-order chi connectivity index (χ1) is 16.6. The maximum absolute atomic E-state index is 14.2. The average molecular weight is 455 g/mol. The Morgan fingerprint density at radius 2 is 1.82 bits per heavy atom. The van der Waals surface area contributed by atoms with Crippen molar-refractivity contribution in [3.05, 3.63) is 107 Å². The molecule has 172 valence electrons. The fourth-order valence-electron chi connectivity index (χ4n) is 5.80. The molecule has 5 heteroatoms. The predicted octanol–water partition coefficient (Wildman–Crippen LogP) is 5.67. The van der Waals surface area contributed by atoms with Crippen LogP contribution in [-0.2, 0) is 16.9 Å². The van der Waals surface area contributed by atoms with Gasteiger partial charge in [-0.05, 0) is 67.7 Å². The van der Waals surface area contributed by atoms with E-state index in [1.54, 1.807) is 12.1 Å². The van der Waals surface area contributed by atoms with Gasteiger partial charge in [-0.3, -0.25) is 4.79 Å². The number of hydrogen-bond acceptors (Lipinski definition) is 3. The first kappa shape index (κ1) is 21.3. The van der Waals surface area contributed by atoms with Gasteiger partial charge in [0.2, 0.25) is 0 Å². The molecule has 3 heterocycles. The highest BCUT2D eigenvalue weighted by Gasteiger charge is 2.48. The molecule has 0 bridgehead atoms. The van der Waals surface area contributed by atoms with E-state index >= 15 is 0 Å². The minimum Gasteiger partial charge on any atom is -0.354 e. The summed E-state index contributed by atoms with van der Waals surface area (Å²) < 4.78 is 22.6. The molecule has 0 aliphatic carbocycles. The average Bonchev–Trinajstić information content (AvgIpc) is 3.32. The molecule has 3 aromatic carbocycles. The summed E-state index contributed by atoms with van der Waals surface area (Å²) in [4.78, 5) is 14.2. The third-order valence-corrected chi connectivity index (χ3v) is 7.43. The van der Waals surface area contributed by atoms with E-state index in [2.05, 4.69) is 16.0 Å². The van der Waals surface area contributed by atoms with E-state index in [9.17, 15) is 9.18 Å². The molecule has 1 N–H and O–H groups in total. The number of aromatic nitrogens is 1. The van der Waals surface area contributed by atoms with Gasteiger partial charge in [-0.1, -0.05) is 54.6 Å². The number of nitrogens with zero attached hydrogens (tertiary/aromatic N) is 1. The van der Waals surface area contributed by atoms with Crippen LogP contribution in [0.1, 0.15) is 51.7 Å². The number of rotatable bonds is 4. The van der Waals surface area contributed by atoms with Crippen molar-refractivity contribution < 1.29 is 13.9 Å². The number of carbonyl (C=O) groups excluding carboxylic acids is 1. The Morgan fingerprint density at radius 3 is 2.65 bits per heavy atom. The minimum atomic E-state index is -0.624. The lowest BCUT2D eigenvalue weighted by Crippen LogP contribution is -2.40. The van der Waals surface area contributed by atoms with E-state index in [1.807, 2.05) is 55.5 Å². The number of carbonyl (C=O) groups is 1. The van der Waals surface area contributed by atoms with Gasteiger partial charge >= 0.3 is 0 Å². The molecule has 2 aliphatic rings. The second-order valence-electron chi connectivity index (χ2n) is 9.39. The number of fused-ring (bicyclic) bond motifs is 3. The maximum atomic E-state index is 14.2. The number of Topliss-reactive ketones (excluding diaryl/α,β-unsaturated/α-hetero) is 1. The molecular formula is C29H27FN2O2. The predicted molar refractivity (Wildman–Crippen MR) is 131 cm³/mol. The van der Waals surface area contributed by atoms with E-state index in [1.165, 1.54) is 6.07 Å². The molecule has 1 fully saturated rings. The number of nitrogens with one attached hydrogen (secondary N) is 1. The molecule has 1 atom stereocenters. The van der Waals surface area contributed by atoms with Crippen LogP contribution in [0.5, 0.6) is 0 Å². The summed E-state index contributed by atoms with van der Waals surface area (Å²) in [5, 5.41) is 4.32. The van der Waals surface area contributed by atoms with Crippen molar-refractivity contribution >= 4 is 16.7 Å². The molecule has 4 nitrogen and oxygen atoms in total. The molecular weight excluding hydrogens is 427 g/mol. The van der Waals surface area contributed by atoms with Crippen molar-refractivity contribution in [2.45, 2.75) is 38.0 Å². The van der Waals surface area contributed by atoms with Crippen LogP contribution < -0.4 is 5.32 Å². The van der Waals surface area contributed by atoms with Gasteiger partial charge in [0.15, 0.2) is 5.78 Å². The summed E-state index contributed by atoms with van der Waals surface area (Å²) >= 11 is 0. The largest absolute Gasteiger partial charge is 0.354 e. The van der Waals surface area contributed by atoms with Crippen molar-refractivity contribution in [3.63, 3.8) is 0 Å². The van der Waals surface area contributed by atoms with Crippen molar-refractivity contribution in [2.75, 3.05) is 13.1 Å². The highest BCUT2D eigenvalue weighted by atomic mass is 19.1. The topological polar surface area (TPSA) is 43.3 Å². The molecule has 34 heavy (non-hydrogen) atoms. The monoisotopic (exact) mass is 454 g/mol. The molecule has 0 radical (unpaired) electrons. The molecule has 2 aliphatic heterocycles. The molecule has 1 spiro atoms. The van der Waals surface area contributed by atoms with Gasteiger partial charge in [-0.25, -0.2) is 4.39 Å². The highest BCUT2D eigenvalue weighted by Crippen LogP contribution is 2.50. The molecule has 4 aromatic rings. The van der Waals surface area contributed by atoms with Crippen molar-refractivity contribution in [3.8, 4) is 0 Å². The summed E-state index contributed by atoms with van der Waals surface area (Å²) in [6.07, 6.45) is 1.09. The smallest absolute Gasteiger partial charge is 0.198 e. The second-order valence-corrected chi connectivity index (χ2v) is 9.39. The summed E-state index contributed by atoms with van der Waals surface area (Å²) in [6, 6.07) is 22.8. The Morgan fingerprint density at radius 1 is 1.06 bits per heavy atom. The number of benzene rings is 3. The number of halogens is 1. The summed E-state index contributed by atoms with van der Waals surface area (Å²) in [5.74, 6) is -0.263. The third-order valence-electron chi connectivity index (χ3n) is 7.43. The lowest BCUT2D eigenvalue weighted by Gasteiger charge is -2.34. The standard InChI is InChI=1S/C29H27FN2O2/c1-19-26(23-10-3-5-12-25(23)32(19)18-20-7-6-8-21(30)17-20)27(33)28-22-9-2-4-11-24(22)29(34-28)13-15-31-16-14-29/h2-12,17,28,31H,13-16,18H2,1H3/t28-/m1/s1. The van der Waals surface area contributed by atoms with Gasteiger partial charge in [0.25, 0.3) is 0 Å². The van der Waals surface area contributed by atoms with E-state index < -0.39 is 11.7 Å². The lowest BCUT2D eigenvalue weighted by atomic mass is 9.83. The van der Waals surface area contributed by atoms with Crippen LogP contribution in [0.4, 0.5) is 4.39 Å². The zero-order chi connectivity index (χ0) is 23.3. The van der Waals surface area contributed by atoms with Crippen LogP contribution in [0.25, 0.3) is 10.9 Å². The fraction of sp³-hybridized carbons (Fsp3) is 0.276. The Kier molecular flexibility index (Phi) is 5.12. The summed E-state index contributed by atoms with van der Waals surface area (Å²) in [7, 11) is 0. The van der Waals surface area contributed by atoms with Crippen LogP contribution in [0.15, 0.2) is 72.8 Å². The Balaban J connectivity index is 1.45. The van der Waals surface area contributed by atoms with Crippen molar-refractivity contribution in [1.82, 2.24) is 9.88 Å². The lowest BCUT2D eigenvalue weighted by molar-refractivity contribution is -0.0806. The van der Waals surface area contributed by atoms with E-state index in [0.717, 1.165) is 59.2 Å². The number of para-hydroxylation sites is 1. The molecule has 0 amide bonds. The van der Waals surface area contributed by atoms with Crippen LogP contribution in [-0.4, -0.2) is 23.4 Å². The van der Waals surface area contributed by atoms with Crippen molar-refractivity contribution in [2.24, 2.45) is 0 Å². The first-order valence-corrected chi connectivity index (χ1v) is 11.9. The van der Waals surface area contributed by atoms with Crippen molar-refractivity contribution in [1.29, 1.82) is 0 Å². The van der Waals surface area contributed by atoms with E-state index in [4.69, 9.17) is 4.74 Å². The Bertz CT molecular complexity index is 1400. The van der Waals surface area contributed by atoms with Gasteiger partial charge in [-0.15, -0.1) is 0 Å². The zero-order valence-electron chi connectivity index (χ0n) is 19.2. The SMILES string of the molecule is Cc1c(C(=O)[C@@H]2OC3(CCNCC3)c3ccccc32)c2ccccc2n1Cc1cccc(F)c1. The van der Waals surface area contributed by atoms with Crippen LogP contribution in [0.3, 0.4) is 0 Å². The quantitative estimate of drug-likeness (QED) is 0.404. The molecule has 0 unspecified atom stereocenters. The van der Waals surface area contributed by atoms with E-state index in [-0.39, 0.29) is 11.6 Å². The summed E-state index contributed by atoms with van der Waals surface area (Å²) in [5.41, 5.74) is 5.12. The van der Waals surface area contributed by atoms with Gasteiger partial charge in [-0.2, -0.15) is 0 Å². The van der Waals surface area contributed by atoms with Crippen LogP contribution in [0, 0.1) is 12.7 Å². The number of ether oxygens (including phenoxy) is 1. The van der Waals surface area contributed by atoms with Gasteiger partial charge in [0, 0.05) is 28.7 Å². The zero-order valence-corrected chi connectivity index (χ0v) is 19.2. The van der Waals surface area contributed by atoms with E-state index in [0.29, 0.717) is 12.1 Å². The van der Waals surface area contributed by atoms with Gasteiger partial charge in [0.05, 0.1) is 5.60 Å². The number of ketones is 1. The van der Waals surface area contributed by atoms with Gasteiger partial charge < -0.3 is 14.6 Å². The Hall–Kier alpha value is -3.28. The summed E-state index contributed by atoms with van der Waals surface area (Å²) in [6.45, 7) is 4.23. The highest BCUT2D eigenvalue weighted by molar-refractivity contribution is 6.12. The Labute approximate surface area is 198 Å².